The average Bonchev–Trinajstić information content (AvgIpc) is 3.43. The van der Waals surface area contributed by atoms with Crippen molar-refractivity contribution in [3.63, 3.8) is 0 Å². The molecule has 1 aliphatic heterocycles. The largest absolute Gasteiger partial charge is 0.481 e. The summed E-state index contributed by atoms with van der Waals surface area (Å²) in [5.74, 6) is -0.839. The van der Waals surface area contributed by atoms with Crippen molar-refractivity contribution in [3.05, 3.63) is 29.3 Å². The maximum atomic E-state index is 13.0. The van der Waals surface area contributed by atoms with Crippen molar-refractivity contribution < 1.29 is 23.1 Å². The van der Waals surface area contributed by atoms with Gasteiger partial charge in [-0.3, -0.25) is 9.59 Å². The van der Waals surface area contributed by atoms with E-state index < -0.39 is 16.0 Å². The smallest absolute Gasteiger partial charge is 0.303 e. The Morgan fingerprint density at radius 3 is 2.67 bits per heavy atom. The highest BCUT2D eigenvalue weighted by Gasteiger charge is 2.30. The first-order chi connectivity index (χ1) is 12.8. The minimum Gasteiger partial charge on any atom is -0.481 e. The van der Waals surface area contributed by atoms with E-state index in [1.807, 2.05) is 0 Å². The third-order valence-electron chi connectivity index (χ3n) is 5.22. The molecule has 0 bridgehead atoms. The first-order valence-electron chi connectivity index (χ1n) is 9.40. The lowest BCUT2D eigenvalue weighted by Crippen LogP contribution is -2.40. The van der Waals surface area contributed by atoms with Crippen LogP contribution < -0.4 is 4.72 Å². The van der Waals surface area contributed by atoms with Gasteiger partial charge in [0.1, 0.15) is 0 Å². The number of likely N-dealkylation sites (tertiary alicyclic amines) is 1. The van der Waals surface area contributed by atoms with Gasteiger partial charge >= 0.3 is 5.97 Å². The summed E-state index contributed by atoms with van der Waals surface area (Å²) in [7, 11) is -3.62. The number of sulfonamides is 1. The average molecular weight is 394 g/mol. The van der Waals surface area contributed by atoms with E-state index in [0.29, 0.717) is 25.1 Å². The number of nitrogens with zero attached hydrogens (tertiary/aromatic N) is 1. The van der Waals surface area contributed by atoms with Gasteiger partial charge in [-0.05, 0) is 62.6 Å². The van der Waals surface area contributed by atoms with Crippen LogP contribution >= 0.6 is 0 Å². The van der Waals surface area contributed by atoms with Crippen LogP contribution in [0.15, 0.2) is 23.1 Å². The predicted molar refractivity (Wildman–Crippen MR) is 100 cm³/mol. The number of carbonyl (C=O) groups excluding carboxylic acids is 1. The molecule has 1 heterocycles. The number of benzene rings is 1. The Bertz CT molecular complexity index is 833. The van der Waals surface area contributed by atoms with Gasteiger partial charge in [-0.25, -0.2) is 13.1 Å². The zero-order chi connectivity index (χ0) is 19.6. The predicted octanol–water partition coefficient (Wildman–Crippen LogP) is 2.15. The SMILES string of the molecule is Cc1ccc(S(=O)(=O)NC2CC2)cc1C(=O)N1CCCC(CCC(=O)O)C1. The molecule has 2 N–H and O–H groups in total. The second-order valence-corrected chi connectivity index (χ2v) is 9.28. The van der Waals surface area contributed by atoms with E-state index in [9.17, 15) is 18.0 Å². The number of carboxylic acids is 1. The van der Waals surface area contributed by atoms with Crippen LogP contribution in [0.5, 0.6) is 0 Å². The number of rotatable bonds is 7. The van der Waals surface area contributed by atoms with Gasteiger partial charge in [0.15, 0.2) is 0 Å². The van der Waals surface area contributed by atoms with Crippen molar-refractivity contribution >= 4 is 21.9 Å². The van der Waals surface area contributed by atoms with Crippen LogP contribution in [0.2, 0.25) is 0 Å². The van der Waals surface area contributed by atoms with Crippen LogP contribution in [0, 0.1) is 12.8 Å². The van der Waals surface area contributed by atoms with Crippen molar-refractivity contribution in [2.24, 2.45) is 5.92 Å². The molecule has 0 radical (unpaired) electrons. The molecule has 1 atom stereocenters. The van der Waals surface area contributed by atoms with Crippen molar-refractivity contribution in [1.82, 2.24) is 9.62 Å². The molecule has 1 saturated heterocycles. The molecule has 0 aromatic heterocycles. The van der Waals surface area contributed by atoms with Crippen LogP contribution in [-0.2, 0) is 14.8 Å². The maximum Gasteiger partial charge on any atom is 0.303 e. The summed E-state index contributed by atoms with van der Waals surface area (Å²) in [6, 6.07) is 4.67. The summed E-state index contributed by atoms with van der Waals surface area (Å²) in [5, 5.41) is 8.86. The Labute approximate surface area is 159 Å². The molecule has 1 unspecified atom stereocenters. The maximum absolute atomic E-state index is 13.0. The third kappa shape index (κ3) is 5.07. The number of hydrogen-bond acceptors (Lipinski definition) is 4. The first-order valence-corrected chi connectivity index (χ1v) is 10.9. The summed E-state index contributed by atoms with van der Waals surface area (Å²) >= 11 is 0. The van der Waals surface area contributed by atoms with E-state index in [4.69, 9.17) is 5.11 Å². The molecule has 1 amide bonds. The lowest BCUT2D eigenvalue weighted by atomic mass is 9.92. The van der Waals surface area contributed by atoms with Crippen LogP contribution in [0.3, 0.4) is 0 Å². The third-order valence-corrected chi connectivity index (χ3v) is 6.74. The van der Waals surface area contributed by atoms with E-state index in [2.05, 4.69) is 4.72 Å². The van der Waals surface area contributed by atoms with Gasteiger partial charge in [-0.1, -0.05) is 6.07 Å². The zero-order valence-corrected chi connectivity index (χ0v) is 16.3. The molecule has 8 heteroatoms. The quantitative estimate of drug-likeness (QED) is 0.737. The lowest BCUT2D eigenvalue weighted by molar-refractivity contribution is -0.137. The topological polar surface area (TPSA) is 104 Å². The van der Waals surface area contributed by atoms with Gasteiger partial charge in [-0.2, -0.15) is 0 Å². The number of aliphatic carboxylic acids is 1. The fourth-order valence-corrected chi connectivity index (χ4v) is 4.80. The van der Waals surface area contributed by atoms with Gasteiger partial charge < -0.3 is 10.0 Å². The van der Waals surface area contributed by atoms with Crippen molar-refractivity contribution in [1.29, 1.82) is 0 Å². The second-order valence-electron chi connectivity index (χ2n) is 7.56. The molecule has 7 nitrogen and oxygen atoms in total. The molecule has 0 spiro atoms. The van der Waals surface area contributed by atoms with E-state index in [0.717, 1.165) is 31.2 Å². The summed E-state index contributed by atoms with van der Waals surface area (Å²) in [6.45, 7) is 2.92. The molecular weight excluding hydrogens is 368 g/mol. The number of nitrogens with one attached hydrogen (secondary N) is 1. The standard InChI is InChI=1S/C19H26N2O5S/c1-13-4-8-16(27(25,26)20-15-6-7-15)11-17(13)19(24)21-10-2-3-14(12-21)5-9-18(22)23/h4,8,11,14-15,20H,2-3,5-7,9-10,12H2,1H3,(H,22,23). The van der Waals surface area contributed by atoms with Crippen LogP contribution in [0.1, 0.15) is 54.4 Å². The molecule has 2 fully saturated rings. The van der Waals surface area contributed by atoms with Gasteiger partial charge in [0.2, 0.25) is 10.0 Å². The van der Waals surface area contributed by atoms with Gasteiger partial charge in [0.25, 0.3) is 5.91 Å². The van der Waals surface area contributed by atoms with Crippen LogP contribution in [-0.4, -0.2) is 49.4 Å². The number of amides is 1. The first kappa shape index (κ1) is 19.8. The fraction of sp³-hybridized carbons (Fsp3) is 0.579. The molecule has 148 valence electrons. The molecule has 2 aliphatic rings. The number of aryl methyl sites for hydroxylation is 1. The van der Waals surface area contributed by atoms with E-state index in [-0.39, 0.29) is 29.2 Å². The van der Waals surface area contributed by atoms with Gasteiger partial charge in [0, 0.05) is 31.1 Å². The molecule has 1 aromatic rings. The van der Waals surface area contributed by atoms with Crippen molar-refractivity contribution in [3.8, 4) is 0 Å². The van der Waals surface area contributed by atoms with Crippen LogP contribution in [0.25, 0.3) is 0 Å². The van der Waals surface area contributed by atoms with E-state index in [1.165, 1.54) is 12.1 Å². The fourth-order valence-electron chi connectivity index (χ4n) is 3.47. The Morgan fingerprint density at radius 1 is 1.26 bits per heavy atom. The van der Waals surface area contributed by atoms with E-state index in [1.54, 1.807) is 17.9 Å². The Kier molecular flexibility index (Phi) is 5.86. The summed E-state index contributed by atoms with van der Waals surface area (Å²) in [5.41, 5.74) is 1.13. The normalized spacial score (nSPS) is 20.5. The number of carboxylic acid groups (broad SMARTS) is 1. The summed E-state index contributed by atoms with van der Waals surface area (Å²) in [6.07, 6.45) is 4.10. The highest BCUT2D eigenvalue weighted by atomic mass is 32.2. The number of carbonyl (C=O) groups is 2. The summed E-state index contributed by atoms with van der Waals surface area (Å²) in [4.78, 5) is 25.6. The van der Waals surface area contributed by atoms with Gasteiger partial charge in [0.05, 0.1) is 4.90 Å². The van der Waals surface area contributed by atoms with Crippen molar-refractivity contribution in [2.45, 2.75) is 56.4 Å². The lowest BCUT2D eigenvalue weighted by Gasteiger charge is -2.33. The number of piperidine rings is 1. The molecule has 1 saturated carbocycles. The monoisotopic (exact) mass is 394 g/mol. The summed E-state index contributed by atoms with van der Waals surface area (Å²) < 4.78 is 27.5. The Hall–Kier alpha value is -1.93. The number of hydrogen-bond donors (Lipinski definition) is 2. The molecule has 1 aromatic carbocycles. The molecular formula is C19H26N2O5S. The Balaban J connectivity index is 1.75. The van der Waals surface area contributed by atoms with Crippen LogP contribution in [0.4, 0.5) is 0 Å². The highest BCUT2D eigenvalue weighted by Crippen LogP contribution is 2.26. The second kappa shape index (κ2) is 7.98. The van der Waals surface area contributed by atoms with Gasteiger partial charge in [-0.15, -0.1) is 0 Å². The minimum atomic E-state index is -3.62. The highest BCUT2D eigenvalue weighted by molar-refractivity contribution is 7.89. The molecule has 1 aliphatic carbocycles. The zero-order valence-electron chi connectivity index (χ0n) is 15.5. The Morgan fingerprint density at radius 2 is 2.00 bits per heavy atom. The molecule has 3 rings (SSSR count). The van der Waals surface area contributed by atoms with Crippen molar-refractivity contribution in [2.75, 3.05) is 13.1 Å². The minimum absolute atomic E-state index is 0.00698. The van der Waals surface area contributed by atoms with E-state index >= 15 is 0 Å². The molecule has 27 heavy (non-hydrogen) atoms.